The van der Waals surface area contributed by atoms with Crippen LogP contribution in [-0.2, 0) is 16.0 Å². The van der Waals surface area contributed by atoms with Crippen molar-refractivity contribution in [3.8, 4) is 0 Å². The summed E-state index contributed by atoms with van der Waals surface area (Å²) in [6.07, 6.45) is 3.28. The van der Waals surface area contributed by atoms with Crippen LogP contribution in [0.5, 0.6) is 0 Å². The van der Waals surface area contributed by atoms with E-state index < -0.39 is 11.9 Å². The van der Waals surface area contributed by atoms with Crippen LogP contribution in [0.15, 0.2) is 60.8 Å². The number of nitrogens with zero attached hydrogens (tertiary/aromatic N) is 1. The number of carbonyl (C=O) groups is 2. The molecule has 0 unspecified atom stereocenters. The van der Waals surface area contributed by atoms with E-state index in [1.54, 1.807) is 12.3 Å². The number of carboxylic acid groups (broad SMARTS) is 2. The molecule has 0 aliphatic rings. The molecule has 1 heterocycles. The highest BCUT2D eigenvalue weighted by Crippen LogP contribution is 2.09. The lowest BCUT2D eigenvalue weighted by molar-refractivity contribution is -0.134. The van der Waals surface area contributed by atoms with Gasteiger partial charge in [-0.2, -0.15) is 0 Å². The van der Waals surface area contributed by atoms with Crippen molar-refractivity contribution in [2.24, 2.45) is 0 Å². The summed E-state index contributed by atoms with van der Waals surface area (Å²) in [4.78, 5) is 23.1. The van der Waals surface area contributed by atoms with Gasteiger partial charge in [0, 0.05) is 24.8 Å². The number of aliphatic carboxylic acids is 2. The largest absolute Gasteiger partial charge is 0.478 e. The van der Waals surface area contributed by atoms with Gasteiger partial charge >= 0.3 is 11.9 Å². The maximum Gasteiger partial charge on any atom is 0.328 e. The van der Waals surface area contributed by atoms with Gasteiger partial charge < -0.3 is 10.2 Å². The molecule has 5 nitrogen and oxygen atoms in total. The zero-order valence-electron chi connectivity index (χ0n) is 11.5. The van der Waals surface area contributed by atoms with Gasteiger partial charge in [0.05, 0.1) is 5.69 Å². The Morgan fingerprint density at radius 2 is 1.59 bits per heavy atom. The fourth-order valence-electron chi connectivity index (χ4n) is 1.48. The third-order valence-electron chi connectivity index (χ3n) is 2.42. The molecule has 1 aromatic carbocycles. The number of hydrogen-bond acceptors (Lipinski definition) is 3. The topological polar surface area (TPSA) is 87.5 Å². The molecule has 22 heavy (non-hydrogen) atoms. The van der Waals surface area contributed by atoms with Crippen LogP contribution in [0.3, 0.4) is 0 Å². The first-order valence-electron chi connectivity index (χ1n) is 6.26. The summed E-state index contributed by atoms with van der Waals surface area (Å²) in [6.45, 7) is 0. The molecule has 0 atom stereocenters. The van der Waals surface area contributed by atoms with E-state index in [2.05, 4.69) is 4.98 Å². The Morgan fingerprint density at radius 1 is 1.00 bits per heavy atom. The Hall–Kier alpha value is -3.02. The van der Waals surface area contributed by atoms with Gasteiger partial charge in [-0.1, -0.05) is 30.3 Å². The van der Waals surface area contributed by atoms with Gasteiger partial charge in [0.1, 0.15) is 5.82 Å². The zero-order valence-corrected chi connectivity index (χ0v) is 11.5. The number of aromatic nitrogens is 1. The third kappa shape index (κ3) is 6.95. The highest BCUT2D eigenvalue weighted by molar-refractivity contribution is 5.89. The SMILES string of the molecule is Fc1cccnc1Cc1ccccc1.O=C(O)/C=C\C(=O)O. The minimum absolute atomic E-state index is 0.239. The molecule has 0 bridgehead atoms. The monoisotopic (exact) mass is 303 g/mol. The van der Waals surface area contributed by atoms with Crippen molar-refractivity contribution >= 4 is 11.9 Å². The van der Waals surface area contributed by atoms with E-state index in [0.29, 0.717) is 24.3 Å². The first kappa shape index (κ1) is 17.0. The summed E-state index contributed by atoms with van der Waals surface area (Å²) in [6, 6.07) is 12.8. The first-order chi connectivity index (χ1) is 10.5. The van der Waals surface area contributed by atoms with Gasteiger partial charge in [0.2, 0.25) is 0 Å². The Bertz CT molecular complexity index is 640. The van der Waals surface area contributed by atoms with E-state index in [9.17, 15) is 14.0 Å². The second kappa shape index (κ2) is 9.02. The summed E-state index contributed by atoms with van der Waals surface area (Å²) in [5, 5.41) is 15.6. The fourth-order valence-corrected chi connectivity index (χ4v) is 1.48. The van der Waals surface area contributed by atoms with Crippen LogP contribution < -0.4 is 0 Å². The Kier molecular flexibility index (Phi) is 6.98. The maximum atomic E-state index is 13.2. The molecule has 0 aliphatic carbocycles. The van der Waals surface area contributed by atoms with Crippen molar-refractivity contribution in [3.05, 3.63) is 77.9 Å². The molecule has 1 aromatic heterocycles. The van der Waals surface area contributed by atoms with Crippen molar-refractivity contribution in [2.45, 2.75) is 6.42 Å². The molecular formula is C16H14FNO4. The van der Waals surface area contributed by atoms with Crippen molar-refractivity contribution in [2.75, 3.05) is 0 Å². The van der Waals surface area contributed by atoms with Crippen molar-refractivity contribution in [1.82, 2.24) is 4.98 Å². The average Bonchev–Trinajstić information content (AvgIpc) is 2.49. The standard InChI is InChI=1S/C12H10FN.C4H4O4/c13-11-7-4-8-14-12(11)9-10-5-2-1-3-6-10;5-3(6)1-2-4(7)8/h1-8H,9H2;1-2H,(H,5,6)(H,7,8)/b;2-1-. The molecular weight excluding hydrogens is 289 g/mol. The van der Waals surface area contributed by atoms with Crippen LogP contribution in [0.25, 0.3) is 0 Å². The number of pyridine rings is 1. The maximum absolute atomic E-state index is 13.2. The lowest BCUT2D eigenvalue weighted by Gasteiger charge is -2.01. The number of halogens is 1. The Balaban J connectivity index is 0.000000261. The first-order valence-corrected chi connectivity index (χ1v) is 6.26. The molecule has 2 N–H and O–H groups in total. The van der Waals surface area contributed by atoms with Gasteiger partial charge in [-0.25, -0.2) is 14.0 Å². The number of hydrogen-bond donors (Lipinski definition) is 2. The lowest BCUT2D eigenvalue weighted by atomic mass is 10.1. The van der Waals surface area contributed by atoms with Crippen LogP contribution in [0.4, 0.5) is 4.39 Å². The summed E-state index contributed by atoms with van der Waals surface area (Å²) in [5.41, 5.74) is 1.57. The summed E-state index contributed by atoms with van der Waals surface area (Å²) < 4.78 is 13.2. The average molecular weight is 303 g/mol. The smallest absolute Gasteiger partial charge is 0.328 e. The van der Waals surface area contributed by atoms with Crippen LogP contribution in [-0.4, -0.2) is 27.1 Å². The van der Waals surface area contributed by atoms with E-state index in [-0.39, 0.29) is 5.82 Å². The van der Waals surface area contributed by atoms with E-state index in [1.807, 2.05) is 30.3 Å². The van der Waals surface area contributed by atoms with E-state index in [4.69, 9.17) is 10.2 Å². The summed E-state index contributed by atoms with van der Waals surface area (Å²) in [7, 11) is 0. The van der Waals surface area contributed by atoms with Gasteiger partial charge in [0.15, 0.2) is 0 Å². The van der Waals surface area contributed by atoms with Gasteiger partial charge in [-0.05, 0) is 17.7 Å². The molecule has 0 radical (unpaired) electrons. The molecule has 0 amide bonds. The molecule has 2 aromatic rings. The minimum atomic E-state index is -1.26. The highest BCUT2D eigenvalue weighted by atomic mass is 19.1. The second-order valence-corrected chi connectivity index (χ2v) is 4.10. The molecule has 6 heteroatoms. The van der Waals surface area contributed by atoms with Crippen molar-refractivity contribution in [1.29, 1.82) is 0 Å². The number of rotatable bonds is 4. The molecule has 2 rings (SSSR count). The summed E-state index contributed by atoms with van der Waals surface area (Å²) in [5.74, 6) is -2.75. The fraction of sp³-hybridized carbons (Fsp3) is 0.0625. The molecule has 114 valence electrons. The Labute approximate surface area is 126 Å². The van der Waals surface area contributed by atoms with Gasteiger partial charge in [0.25, 0.3) is 0 Å². The molecule has 0 aliphatic heterocycles. The van der Waals surface area contributed by atoms with Crippen LogP contribution in [0.1, 0.15) is 11.3 Å². The van der Waals surface area contributed by atoms with E-state index in [0.717, 1.165) is 5.56 Å². The van der Waals surface area contributed by atoms with Crippen LogP contribution >= 0.6 is 0 Å². The van der Waals surface area contributed by atoms with Crippen molar-refractivity contribution in [3.63, 3.8) is 0 Å². The van der Waals surface area contributed by atoms with E-state index in [1.165, 1.54) is 6.07 Å². The van der Waals surface area contributed by atoms with Crippen molar-refractivity contribution < 1.29 is 24.2 Å². The molecule has 0 saturated heterocycles. The second-order valence-electron chi connectivity index (χ2n) is 4.10. The third-order valence-corrected chi connectivity index (χ3v) is 2.42. The lowest BCUT2D eigenvalue weighted by Crippen LogP contribution is -1.95. The van der Waals surface area contributed by atoms with E-state index >= 15 is 0 Å². The predicted molar refractivity (Wildman–Crippen MR) is 77.9 cm³/mol. The van der Waals surface area contributed by atoms with Crippen LogP contribution in [0.2, 0.25) is 0 Å². The molecule has 0 saturated carbocycles. The highest BCUT2D eigenvalue weighted by Gasteiger charge is 2.02. The number of carboxylic acids is 2. The molecule has 0 fully saturated rings. The zero-order chi connectivity index (χ0) is 16.4. The number of benzene rings is 1. The predicted octanol–water partition coefficient (Wildman–Crippen LogP) is 2.52. The van der Waals surface area contributed by atoms with Crippen LogP contribution in [0, 0.1) is 5.82 Å². The summed E-state index contributed by atoms with van der Waals surface area (Å²) >= 11 is 0. The normalized spacial score (nSPS) is 9.86. The minimum Gasteiger partial charge on any atom is -0.478 e. The van der Waals surface area contributed by atoms with Gasteiger partial charge in [-0.3, -0.25) is 4.98 Å². The Morgan fingerprint density at radius 3 is 2.09 bits per heavy atom. The van der Waals surface area contributed by atoms with Gasteiger partial charge in [-0.15, -0.1) is 0 Å². The quantitative estimate of drug-likeness (QED) is 0.847. The molecule has 0 spiro atoms.